The molecule has 0 fully saturated rings. The molecule has 31 heavy (non-hydrogen) atoms. The van der Waals surface area contributed by atoms with Crippen LogP contribution in [0.1, 0.15) is 31.3 Å². The van der Waals surface area contributed by atoms with E-state index in [-0.39, 0.29) is 28.2 Å². The van der Waals surface area contributed by atoms with Gasteiger partial charge in [0.1, 0.15) is 0 Å². The zero-order valence-electron chi connectivity index (χ0n) is 17.6. The number of rotatable bonds is 6. The third-order valence-corrected chi connectivity index (χ3v) is 7.63. The topological polar surface area (TPSA) is 98.3 Å². The van der Waals surface area contributed by atoms with E-state index in [9.17, 15) is 13.2 Å². The Morgan fingerprint density at radius 2 is 1.97 bits per heavy atom. The van der Waals surface area contributed by atoms with Crippen molar-refractivity contribution in [1.82, 2.24) is 19.0 Å². The lowest BCUT2D eigenvalue weighted by Crippen LogP contribution is -2.26. The molecule has 0 radical (unpaired) electrons. The van der Waals surface area contributed by atoms with Crippen molar-refractivity contribution in [3.05, 3.63) is 63.6 Å². The molecule has 2 aromatic heterocycles. The molecule has 0 N–H and O–H groups in total. The Hall–Kier alpha value is -2.82. The number of aryl methyl sites for hydroxylation is 1. The highest BCUT2D eigenvalue weighted by molar-refractivity contribution is 7.89. The lowest BCUT2D eigenvalue weighted by Gasteiger charge is -2.15. The first-order valence-corrected chi connectivity index (χ1v) is 11.9. The van der Waals surface area contributed by atoms with Crippen molar-refractivity contribution < 1.29 is 12.9 Å². The van der Waals surface area contributed by atoms with Crippen LogP contribution >= 0.6 is 11.3 Å². The molecule has 0 amide bonds. The standard InChI is InChI=1S/C21H22N4O4S2/c1-13(2)25-17-9-8-16(11-18(17)30-21(25)26)31(27,28)24(4)12-19-22-20(23-29-19)15-7-5-6-14(3)10-15/h5-11,13H,12H2,1-4H3. The molecule has 0 aliphatic heterocycles. The first-order chi connectivity index (χ1) is 14.7. The lowest BCUT2D eigenvalue weighted by molar-refractivity contribution is 0.337. The molecule has 8 nitrogen and oxygen atoms in total. The van der Waals surface area contributed by atoms with Crippen molar-refractivity contribution in [3.63, 3.8) is 0 Å². The predicted octanol–water partition coefficient (Wildman–Crippen LogP) is 3.82. The summed E-state index contributed by atoms with van der Waals surface area (Å²) in [5.74, 6) is 0.602. The molecular formula is C21H22N4O4S2. The molecule has 4 rings (SSSR count). The summed E-state index contributed by atoms with van der Waals surface area (Å²) in [6.07, 6.45) is 0. The zero-order valence-corrected chi connectivity index (χ0v) is 19.2. The monoisotopic (exact) mass is 458 g/mol. The second kappa shape index (κ2) is 8.03. The summed E-state index contributed by atoms with van der Waals surface area (Å²) in [6.45, 7) is 5.74. The number of thiazole rings is 1. The third-order valence-electron chi connectivity index (χ3n) is 4.91. The maximum Gasteiger partial charge on any atom is 0.308 e. The van der Waals surface area contributed by atoms with Gasteiger partial charge < -0.3 is 4.52 Å². The van der Waals surface area contributed by atoms with Gasteiger partial charge >= 0.3 is 4.87 Å². The van der Waals surface area contributed by atoms with Gasteiger partial charge in [0.25, 0.3) is 0 Å². The van der Waals surface area contributed by atoms with Gasteiger partial charge in [0, 0.05) is 18.7 Å². The number of hydrogen-bond acceptors (Lipinski definition) is 7. The number of nitrogens with zero attached hydrogens (tertiary/aromatic N) is 4. The van der Waals surface area contributed by atoms with Gasteiger partial charge in [0.2, 0.25) is 21.7 Å². The molecule has 2 aromatic carbocycles. The summed E-state index contributed by atoms with van der Waals surface area (Å²) in [4.78, 5) is 16.6. The average molecular weight is 459 g/mol. The van der Waals surface area contributed by atoms with Gasteiger partial charge in [-0.15, -0.1) is 0 Å². The fraction of sp³-hybridized carbons (Fsp3) is 0.286. The Morgan fingerprint density at radius 1 is 1.19 bits per heavy atom. The number of fused-ring (bicyclic) bond motifs is 1. The van der Waals surface area contributed by atoms with Crippen LogP contribution in [-0.2, 0) is 16.6 Å². The molecule has 2 heterocycles. The van der Waals surface area contributed by atoms with E-state index in [1.54, 1.807) is 10.6 Å². The first kappa shape index (κ1) is 21.4. The van der Waals surface area contributed by atoms with Crippen LogP contribution in [0.25, 0.3) is 21.6 Å². The van der Waals surface area contributed by atoms with Gasteiger partial charge in [-0.05, 0) is 45.0 Å². The summed E-state index contributed by atoms with van der Waals surface area (Å²) < 4.78 is 34.9. The van der Waals surface area contributed by atoms with E-state index < -0.39 is 10.0 Å². The zero-order chi connectivity index (χ0) is 22.3. The number of aromatic nitrogens is 3. The normalized spacial score (nSPS) is 12.3. The Kier molecular flexibility index (Phi) is 5.54. The van der Waals surface area contributed by atoms with Gasteiger partial charge in [-0.3, -0.25) is 9.36 Å². The van der Waals surface area contributed by atoms with Crippen LogP contribution in [0.3, 0.4) is 0 Å². The second-order valence-corrected chi connectivity index (χ2v) is 10.6. The summed E-state index contributed by atoms with van der Waals surface area (Å²) in [5.41, 5.74) is 2.59. The Labute approximate surface area is 183 Å². The molecule has 0 saturated carbocycles. The van der Waals surface area contributed by atoms with Crippen LogP contribution in [0.5, 0.6) is 0 Å². The summed E-state index contributed by atoms with van der Waals surface area (Å²) in [7, 11) is -2.36. The van der Waals surface area contributed by atoms with Gasteiger partial charge in [-0.2, -0.15) is 9.29 Å². The van der Waals surface area contributed by atoms with E-state index in [4.69, 9.17) is 4.52 Å². The fourth-order valence-corrected chi connectivity index (χ4v) is 5.62. The van der Waals surface area contributed by atoms with Crippen LogP contribution in [0.4, 0.5) is 0 Å². The van der Waals surface area contributed by atoms with Crippen molar-refractivity contribution in [2.75, 3.05) is 7.05 Å². The van der Waals surface area contributed by atoms with E-state index in [0.29, 0.717) is 10.5 Å². The Bertz CT molecular complexity index is 1420. The quantitative estimate of drug-likeness (QED) is 0.436. The molecule has 0 atom stereocenters. The minimum atomic E-state index is -3.81. The molecule has 10 heteroatoms. The highest BCUT2D eigenvalue weighted by Gasteiger charge is 2.24. The number of sulfonamides is 1. The van der Waals surface area contributed by atoms with Crippen LogP contribution in [0.2, 0.25) is 0 Å². The van der Waals surface area contributed by atoms with Crippen molar-refractivity contribution in [1.29, 1.82) is 0 Å². The molecule has 0 aliphatic rings. The van der Waals surface area contributed by atoms with Crippen LogP contribution in [-0.4, -0.2) is 34.5 Å². The minimum absolute atomic E-state index is 0.00787. The maximum absolute atomic E-state index is 13.1. The third kappa shape index (κ3) is 4.06. The number of benzene rings is 2. The smallest absolute Gasteiger partial charge is 0.308 e. The maximum atomic E-state index is 13.1. The lowest BCUT2D eigenvalue weighted by atomic mass is 10.1. The van der Waals surface area contributed by atoms with E-state index in [0.717, 1.165) is 32.3 Å². The summed E-state index contributed by atoms with van der Waals surface area (Å²) >= 11 is 1.04. The van der Waals surface area contributed by atoms with Crippen molar-refractivity contribution in [2.45, 2.75) is 38.3 Å². The van der Waals surface area contributed by atoms with Crippen molar-refractivity contribution in [2.24, 2.45) is 0 Å². The molecule has 0 spiro atoms. The number of hydrogen-bond donors (Lipinski definition) is 0. The predicted molar refractivity (Wildman–Crippen MR) is 120 cm³/mol. The molecule has 0 unspecified atom stereocenters. The average Bonchev–Trinajstić information content (AvgIpc) is 3.30. The second-order valence-electron chi connectivity index (χ2n) is 7.60. The van der Waals surface area contributed by atoms with E-state index in [2.05, 4.69) is 10.1 Å². The van der Waals surface area contributed by atoms with Gasteiger partial charge in [0.05, 0.1) is 21.7 Å². The first-order valence-electron chi connectivity index (χ1n) is 9.68. The summed E-state index contributed by atoms with van der Waals surface area (Å²) in [5, 5.41) is 3.96. The van der Waals surface area contributed by atoms with Crippen LogP contribution in [0.15, 0.2) is 56.7 Å². The van der Waals surface area contributed by atoms with E-state index in [1.807, 2.05) is 45.0 Å². The molecule has 162 valence electrons. The van der Waals surface area contributed by atoms with Gasteiger partial charge in [0.15, 0.2) is 0 Å². The largest absolute Gasteiger partial charge is 0.338 e. The minimum Gasteiger partial charge on any atom is -0.338 e. The summed E-state index contributed by atoms with van der Waals surface area (Å²) in [6, 6.07) is 12.4. The van der Waals surface area contributed by atoms with Crippen LogP contribution in [0, 0.1) is 6.92 Å². The van der Waals surface area contributed by atoms with E-state index in [1.165, 1.54) is 19.2 Å². The molecule has 0 saturated heterocycles. The van der Waals surface area contributed by atoms with Crippen LogP contribution < -0.4 is 4.87 Å². The fourth-order valence-electron chi connectivity index (χ4n) is 3.34. The molecule has 0 aliphatic carbocycles. The van der Waals surface area contributed by atoms with Crippen molar-refractivity contribution >= 4 is 31.6 Å². The highest BCUT2D eigenvalue weighted by Crippen LogP contribution is 2.26. The molecule has 4 aromatic rings. The highest BCUT2D eigenvalue weighted by atomic mass is 32.2. The van der Waals surface area contributed by atoms with Crippen molar-refractivity contribution in [3.8, 4) is 11.4 Å². The molecule has 0 bridgehead atoms. The SMILES string of the molecule is Cc1cccc(-c2noc(CN(C)S(=O)(=O)c3ccc4c(c3)sc(=O)n4C(C)C)n2)c1. The Morgan fingerprint density at radius 3 is 2.68 bits per heavy atom. The molecular weight excluding hydrogens is 436 g/mol. The Balaban J connectivity index is 1.60. The van der Waals surface area contributed by atoms with Gasteiger partial charge in [-0.25, -0.2) is 8.42 Å². The van der Waals surface area contributed by atoms with E-state index >= 15 is 0 Å². The van der Waals surface area contributed by atoms with Gasteiger partial charge in [-0.1, -0.05) is 40.3 Å².